The Labute approximate surface area is 105 Å². The number of hydrogen-bond acceptors (Lipinski definition) is 3. The fraction of sp³-hybridized carbons (Fsp3) is 0.923. The molecule has 1 saturated heterocycles. The molecule has 0 saturated carbocycles. The summed E-state index contributed by atoms with van der Waals surface area (Å²) in [6, 6.07) is 0.411. The van der Waals surface area contributed by atoms with Crippen LogP contribution >= 0.6 is 0 Å². The van der Waals surface area contributed by atoms with Crippen LogP contribution in [0.2, 0.25) is 0 Å². The van der Waals surface area contributed by atoms with Gasteiger partial charge in [0.05, 0.1) is 0 Å². The topological polar surface area (TPSA) is 43.8 Å². The molecule has 4 heteroatoms. The average molecular weight is 242 g/mol. The molecule has 0 atom stereocenters. The molecular weight excluding hydrogens is 216 g/mol. The van der Waals surface area contributed by atoms with Crippen LogP contribution in [0.15, 0.2) is 0 Å². The summed E-state index contributed by atoms with van der Waals surface area (Å²) in [6.45, 7) is 11.9. The van der Waals surface area contributed by atoms with Crippen molar-refractivity contribution in [3.63, 3.8) is 0 Å². The lowest BCUT2D eigenvalue weighted by Crippen LogP contribution is -2.57. The molecule has 1 fully saturated rings. The van der Waals surface area contributed by atoms with Crippen molar-refractivity contribution < 1.29 is 9.90 Å². The van der Waals surface area contributed by atoms with Crippen LogP contribution in [0.3, 0.4) is 0 Å². The monoisotopic (exact) mass is 242 g/mol. The zero-order valence-corrected chi connectivity index (χ0v) is 11.6. The maximum atomic E-state index is 11.3. The number of carboxylic acid groups (broad SMARTS) is 1. The van der Waals surface area contributed by atoms with Crippen molar-refractivity contribution in [2.75, 3.05) is 26.2 Å². The molecule has 1 aliphatic heterocycles. The lowest BCUT2D eigenvalue weighted by atomic mass is 9.95. The first-order chi connectivity index (χ1) is 7.93. The van der Waals surface area contributed by atoms with Crippen molar-refractivity contribution in [3.8, 4) is 0 Å². The zero-order chi connectivity index (χ0) is 13.1. The molecule has 0 aromatic heterocycles. The van der Waals surface area contributed by atoms with Crippen LogP contribution in [0.1, 0.15) is 40.5 Å². The third kappa shape index (κ3) is 3.19. The van der Waals surface area contributed by atoms with E-state index in [0.717, 1.165) is 39.0 Å². The smallest absolute Gasteiger partial charge is 0.323 e. The minimum atomic E-state index is -0.756. The van der Waals surface area contributed by atoms with Crippen LogP contribution in [-0.4, -0.2) is 58.6 Å². The van der Waals surface area contributed by atoms with Gasteiger partial charge in [-0.05, 0) is 52.9 Å². The average Bonchev–Trinajstić information content (AvgIpc) is 2.30. The van der Waals surface area contributed by atoms with E-state index in [1.165, 1.54) is 0 Å². The molecule has 0 aromatic rings. The number of piperidine rings is 1. The normalized spacial score (nSPS) is 19.8. The SMILES string of the molecule is CCN1CCC(N(CC)C(C)(C)C(=O)O)CC1. The highest BCUT2D eigenvalue weighted by Crippen LogP contribution is 2.24. The van der Waals surface area contributed by atoms with Crippen LogP contribution in [0.25, 0.3) is 0 Å². The molecule has 0 amide bonds. The first kappa shape index (κ1) is 14.5. The van der Waals surface area contributed by atoms with Crippen molar-refractivity contribution in [2.45, 2.75) is 52.1 Å². The van der Waals surface area contributed by atoms with Crippen molar-refractivity contribution in [3.05, 3.63) is 0 Å². The molecule has 1 heterocycles. The Bertz CT molecular complexity index is 258. The molecule has 0 aliphatic carbocycles. The maximum absolute atomic E-state index is 11.3. The summed E-state index contributed by atoms with van der Waals surface area (Å²) in [5.74, 6) is -0.725. The van der Waals surface area contributed by atoms with Crippen molar-refractivity contribution in [1.82, 2.24) is 9.80 Å². The van der Waals surface area contributed by atoms with E-state index in [-0.39, 0.29) is 0 Å². The van der Waals surface area contributed by atoms with E-state index in [0.29, 0.717) is 6.04 Å². The maximum Gasteiger partial charge on any atom is 0.323 e. The number of likely N-dealkylation sites (N-methyl/N-ethyl adjacent to an activating group) is 1. The van der Waals surface area contributed by atoms with Crippen LogP contribution in [0.4, 0.5) is 0 Å². The van der Waals surface area contributed by atoms with Gasteiger partial charge in [0, 0.05) is 6.04 Å². The largest absolute Gasteiger partial charge is 0.480 e. The highest BCUT2D eigenvalue weighted by molar-refractivity contribution is 5.77. The van der Waals surface area contributed by atoms with Crippen molar-refractivity contribution in [1.29, 1.82) is 0 Å². The third-order valence-electron chi connectivity index (χ3n) is 4.03. The quantitative estimate of drug-likeness (QED) is 0.796. The van der Waals surface area contributed by atoms with Gasteiger partial charge in [-0.15, -0.1) is 0 Å². The van der Waals surface area contributed by atoms with Crippen LogP contribution in [0, 0.1) is 0 Å². The summed E-state index contributed by atoms with van der Waals surface area (Å²) in [6.07, 6.45) is 2.16. The van der Waals surface area contributed by atoms with Gasteiger partial charge in [0.15, 0.2) is 0 Å². The Kier molecular flexibility index (Phi) is 4.95. The fourth-order valence-corrected chi connectivity index (χ4v) is 2.78. The summed E-state index contributed by atoms with van der Waals surface area (Å²) in [5, 5.41) is 9.32. The van der Waals surface area contributed by atoms with Gasteiger partial charge in [0.1, 0.15) is 5.54 Å². The molecule has 0 radical (unpaired) electrons. The Morgan fingerprint density at radius 3 is 2.24 bits per heavy atom. The molecule has 17 heavy (non-hydrogen) atoms. The lowest BCUT2D eigenvalue weighted by Gasteiger charge is -2.44. The summed E-state index contributed by atoms with van der Waals surface area (Å²) < 4.78 is 0. The number of aliphatic carboxylic acids is 1. The van der Waals surface area contributed by atoms with Crippen LogP contribution in [-0.2, 0) is 4.79 Å². The zero-order valence-electron chi connectivity index (χ0n) is 11.6. The van der Waals surface area contributed by atoms with E-state index in [1.807, 2.05) is 13.8 Å². The van der Waals surface area contributed by atoms with Gasteiger partial charge >= 0.3 is 5.97 Å². The van der Waals surface area contributed by atoms with E-state index in [4.69, 9.17) is 0 Å². The van der Waals surface area contributed by atoms with Gasteiger partial charge in [-0.2, -0.15) is 0 Å². The lowest BCUT2D eigenvalue weighted by molar-refractivity contribution is -0.151. The number of nitrogens with zero attached hydrogens (tertiary/aromatic N) is 2. The first-order valence-electron chi connectivity index (χ1n) is 6.66. The van der Waals surface area contributed by atoms with E-state index < -0.39 is 11.5 Å². The van der Waals surface area contributed by atoms with Gasteiger partial charge in [-0.25, -0.2) is 0 Å². The second-order valence-corrected chi connectivity index (χ2v) is 5.32. The molecule has 100 valence electrons. The predicted octanol–water partition coefficient (Wildman–Crippen LogP) is 1.66. The van der Waals surface area contributed by atoms with Crippen molar-refractivity contribution >= 4 is 5.97 Å². The molecule has 0 spiro atoms. The van der Waals surface area contributed by atoms with Gasteiger partial charge in [0.25, 0.3) is 0 Å². The molecule has 0 unspecified atom stereocenters. The van der Waals surface area contributed by atoms with Crippen LogP contribution < -0.4 is 0 Å². The van der Waals surface area contributed by atoms with Gasteiger partial charge in [0.2, 0.25) is 0 Å². The molecular formula is C13H26N2O2. The molecule has 4 nitrogen and oxygen atoms in total. The summed E-state index contributed by atoms with van der Waals surface area (Å²) in [4.78, 5) is 15.9. The molecule has 1 aliphatic rings. The fourth-order valence-electron chi connectivity index (χ4n) is 2.78. The van der Waals surface area contributed by atoms with E-state index in [1.54, 1.807) is 0 Å². The Morgan fingerprint density at radius 2 is 1.88 bits per heavy atom. The second kappa shape index (κ2) is 5.83. The summed E-state index contributed by atoms with van der Waals surface area (Å²) >= 11 is 0. The van der Waals surface area contributed by atoms with E-state index >= 15 is 0 Å². The van der Waals surface area contributed by atoms with Crippen molar-refractivity contribution in [2.24, 2.45) is 0 Å². The predicted molar refractivity (Wildman–Crippen MR) is 69.2 cm³/mol. The minimum Gasteiger partial charge on any atom is -0.480 e. The number of carboxylic acids is 1. The molecule has 1 rings (SSSR count). The molecule has 0 aromatic carbocycles. The van der Waals surface area contributed by atoms with Gasteiger partial charge in [-0.1, -0.05) is 13.8 Å². The second-order valence-electron chi connectivity index (χ2n) is 5.32. The standard InChI is InChI=1S/C13H26N2O2/c1-5-14-9-7-11(8-10-14)15(6-2)13(3,4)12(16)17/h11H,5-10H2,1-4H3,(H,16,17). The van der Waals surface area contributed by atoms with Gasteiger partial charge in [-0.3, -0.25) is 9.69 Å². The number of hydrogen-bond donors (Lipinski definition) is 1. The molecule has 0 bridgehead atoms. The van der Waals surface area contributed by atoms with Crippen LogP contribution in [0.5, 0.6) is 0 Å². The summed E-state index contributed by atoms with van der Waals surface area (Å²) in [5.41, 5.74) is -0.756. The number of carbonyl (C=O) groups is 1. The molecule has 1 N–H and O–H groups in total. The first-order valence-corrected chi connectivity index (χ1v) is 6.66. The Hall–Kier alpha value is -0.610. The number of rotatable bonds is 5. The highest BCUT2D eigenvalue weighted by Gasteiger charge is 2.38. The van der Waals surface area contributed by atoms with E-state index in [9.17, 15) is 9.90 Å². The Morgan fingerprint density at radius 1 is 1.35 bits per heavy atom. The van der Waals surface area contributed by atoms with E-state index in [2.05, 4.69) is 23.6 Å². The third-order valence-corrected chi connectivity index (χ3v) is 4.03. The summed E-state index contributed by atoms with van der Waals surface area (Å²) in [7, 11) is 0. The number of likely N-dealkylation sites (tertiary alicyclic amines) is 1. The highest BCUT2D eigenvalue weighted by atomic mass is 16.4. The Balaban J connectivity index is 2.67. The van der Waals surface area contributed by atoms with Gasteiger partial charge < -0.3 is 10.0 Å². The minimum absolute atomic E-state index is 0.411.